The van der Waals surface area contributed by atoms with Crippen molar-refractivity contribution in [3.8, 4) is 0 Å². The van der Waals surface area contributed by atoms with Gasteiger partial charge in [-0.25, -0.2) is 0 Å². The maximum absolute atomic E-state index is 10.3. The van der Waals surface area contributed by atoms with Gasteiger partial charge in [0.25, 0.3) is 0 Å². The lowest BCUT2D eigenvalue weighted by atomic mass is 10.5. The molecule has 0 aliphatic carbocycles. The normalized spacial score (nSPS) is 9.33. The van der Waals surface area contributed by atoms with E-state index in [1.807, 2.05) is 0 Å². The Hall–Kier alpha value is -0.280. The number of hydrogen-bond acceptors (Lipinski definition) is 2. The fourth-order valence-electron chi connectivity index (χ4n) is 0.463. The lowest BCUT2D eigenvalue weighted by molar-refractivity contribution is -0.870. The van der Waals surface area contributed by atoms with Crippen LogP contribution in [0.2, 0.25) is 0 Å². The van der Waals surface area contributed by atoms with Gasteiger partial charge in [-0.1, -0.05) is 7.43 Å². The van der Waals surface area contributed by atoms with E-state index in [9.17, 15) is 4.79 Å². The lowest BCUT2D eigenvalue weighted by Gasteiger charge is -2.23. The van der Waals surface area contributed by atoms with Crippen LogP contribution < -0.4 is 12.4 Å². The Bertz CT molecular complexity index is 121. The van der Waals surface area contributed by atoms with Crippen molar-refractivity contribution in [1.82, 2.24) is 0 Å². The van der Waals surface area contributed by atoms with Gasteiger partial charge in [0, 0.05) is 6.92 Å². The molecule has 0 aliphatic rings. The minimum atomic E-state index is -0.201. The average Bonchev–Trinajstić information content (AvgIpc) is 1.59. The van der Waals surface area contributed by atoms with Crippen molar-refractivity contribution >= 4 is 5.97 Å². The maximum Gasteiger partial charge on any atom is 0.302 e. The zero-order valence-corrected chi connectivity index (χ0v) is 8.31. The van der Waals surface area contributed by atoms with Crippen LogP contribution in [0.25, 0.3) is 0 Å². The molecule has 0 amide bonds. The fourth-order valence-corrected chi connectivity index (χ4v) is 0.463. The molecule has 0 radical (unpaired) electrons. The Morgan fingerprint density at radius 2 is 1.75 bits per heavy atom. The molecule has 0 aromatic heterocycles. The van der Waals surface area contributed by atoms with Crippen molar-refractivity contribution in [2.45, 2.75) is 14.4 Å². The minimum absolute atomic E-state index is 0. The first kappa shape index (κ1) is 17.7. The Morgan fingerprint density at radius 3 is 2.00 bits per heavy atom. The molecule has 3 nitrogen and oxygen atoms in total. The van der Waals surface area contributed by atoms with Crippen LogP contribution in [0.3, 0.4) is 0 Å². The van der Waals surface area contributed by atoms with Gasteiger partial charge in [0.05, 0.1) is 21.1 Å². The van der Waals surface area contributed by atoms with Gasteiger partial charge in [0.2, 0.25) is 0 Å². The summed E-state index contributed by atoms with van der Waals surface area (Å²) in [6.07, 6.45) is 0. The number of carbonyl (C=O) groups excluding carboxylic acids is 1. The summed E-state index contributed by atoms with van der Waals surface area (Å²) >= 11 is 0. The van der Waals surface area contributed by atoms with Gasteiger partial charge in [-0.2, -0.15) is 0 Å². The monoisotopic (exact) mass is 197 g/mol. The molecule has 0 spiro atoms. The van der Waals surface area contributed by atoms with Crippen LogP contribution in [-0.2, 0) is 9.53 Å². The third-order valence-corrected chi connectivity index (χ3v) is 1.07. The third-order valence-electron chi connectivity index (χ3n) is 1.07. The van der Waals surface area contributed by atoms with Crippen molar-refractivity contribution in [2.75, 3.05) is 34.3 Å². The molecule has 0 bridgehead atoms. The fraction of sp³-hybridized carbons (Fsp3) is 0.875. The van der Waals surface area contributed by atoms with Crippen LogP contribution >= 0.6 is 0 Å². The molecule has 0 atom stereocenters. The second-order valence-corrected chi connectivity index (χ2v) is 3.35. The van der Waals surface area contributed by atoms with Gasteiger partial charge in [-0.05, 0) is 0 Å². The van der Waals surface area contributed by atoms with E-state index in [2.05, 4.69) is 21.1 Å². The number of quaternary nitrogens is 1. The van der Waals surface area contributed by atoms with Crippen LogP contribution in [-0.4, -0.2) is 44.7 Å². The second-order valence-electron chi connectivity index (χ2n) is 3.35. The van der Waals surface area contributed by atoms with Crippen molar-refractivity contribution in [1.29, 1.82) is 0 Å². The van der Waals surface area contributed by atoms with E-state index in [1.54, 1.807) is 0 Å². The van der Waals surface area contributed by atoms with E-state index in [1.165, 1.54) is 6.92 Å². The summed E-state index contributed by atoms with van der Waals surface area (Å²) in [5.41, 5.74) is 0. The van der Waals surface area contributed by atoms with Gasteiger partial charge in [-0.15, -0.1) is 0 Å². The SMILES string of the molecule is C.CC(=O)OCC[N+](C)(C)C.[Cl-]. The standard InChI is InChI=1S/C7H16NO2.CH4.ClH/c1-7(9)10-6-5-8(2,3)4;;/h5-6H2,1-4H3;1H4;1H/q+1;;/p-1. The molecule has 76 valence electrons. The number of nitrogens with zero attached hydrogens (tertiary/aromatic N) is 1. The summed E-state index contributed by atoms with van der Waals surface area (Å²) in [6, 6.07) is 0. The molecule has 0 heterocycles. The van der Waals surface area contributed by atoms with Gasteiger partial charge in [-0.3, -0.25) is 4.79 Å². The van der Waals surface area contributed by atoms with Crippen LogP contribution in [0.4, 0.5) is 0 Å². The van der Waals surface area contributed by atoms with Gasteiger partial charge in [0.1, 0.15) is 13.2 Å². The quantitative estimate of drug-likeness (QED) is 0.383. The van der Waals surface area contributed by atoms with Crippen molar-refractivity contribution < 1.29 is 26.4 Å². The Morgan fingerprint density at radius 1 is 1.33 bits per heavy atom. The van der Waals surface area contributed by atoms with Gasteiger partial charge >= 0.3 is 5.97 Å². The largest absolute Gasteiger partial charge is 1.00 e. The number of likely N-dealkylation sites (N-methyl/N-ethyl adjacent to an activating group) is 1. The summed E-state index contributed by atoms with van der Waals surface area (Å²) < 4.78 is 5.59. The van der Waals surface area contributed by atoms with Gasteiger partial charge in [0.15, 0.2) is 0 Å². The summed E-state index contributed by atoms with van der Waals surface area (Å²) in [6.45, 7) is 2.80. The molecular weight excluding hydrogens is 178 g/mol. The van der Waals surface area contributed by atoms with Crippen LogP contribution in [0.15, 0.2) is 0 Å². The molecule has 0 N–H and O–H groups in total. The van der Waals surface area contributed by atoms with Crippen molar-refractivity contribution in [3.63, 3.8) is 0 Å². The number of esters is 1. The Balaban J connectivity index is -0.000000405. The topological polar surface area (TPSA) is 26.3 Å². The molecule has 4 heteroatoms. The summed E-state index contributed by atoms with van der Waals surface area (Å²) in [5, 5.41) is 0. The predicted molar refractivity (Wildman–Crippen MR) is 46.3 cm³/mol. The number of halogens is 1. The van der Waals surface area contributed by atoms with Crippen LogP contribution in [0, 0.1) is 0 Å². The molecule has 0 fully saturated rings. The zero-order valence-electron chi connectivity index (χ0n) is 7.56. The molecule has 0 saturated heterocycles. The predicted octanol–water partition coefficient (Wildman–Crippen LogP) is -2.10. The lowest BCUT2D eigenvalue weighted by Crippen LogP contribution is -3.00. The first-order valence-electron chi connectivity index (χ1n) is 3.35. The third kappa shape index (κ3) is 16.4. The number of hydrogen-bond donors (Lipinski definition) is 0. The molecule has 0 unspecified atom stereocenters. The van der Waals surface area contributed by atoms with E-state index < -0.39 is 0 Å². The molecule has 0 saturated carbocycles. The Kier molecular flexibility index (Phi) is 10.9. The molecule has 0 aromatic carbocycles. The van der Waals surface area contributed by atoms with E-state index in [4.69, 9.17) is 4.74 Å². The molecule has 0 aliphatic heterocycles. The van der Waals surface area contributed by atoms with Gasteiger partial charge < -0.3 is 21.6 Å². The number of ether oxygens (including phenoxy) is 1. The first-order valence-corrected chi connectivity index (χ1v) is 3.35. The Labute approximate surface area is 81.7 Å². The van der Waals surface area contributed by atoms with Crippen molar-refractivity contribution in [2.24, 2.45) is 0 Å². The summed E-state index contributed by atoms with van der Waals surface area (Å²) in [4.78, 5) is 10.3. The highest BCUT2D eigenvalue weighted by atomic mass is 35.5. The van der Waals surface area contributed by atoms with E-state index in [-0.39, 0.29) is 25.8 Å². The van der Waals surface area contributed by atoms with E-state index >= 15 is 0 Å². The van der Waals surface area contributed by atoms with Crippen LogP contribution in [0.1, 0.15) is 14.4 Å². The minimum Gasteiger partial charge on any atom is -1.00 e. The maximum atomic E-state index is 10.3. The number of rotatable bonds is 3. The summed E-state index contributed by atoms with van der Waals surface area (Å²) in [7, 11) is 6.18. The second kappa shape index (κ2) is 7.37. The molecule has 0 aromatic rings. The highest BCUT2D eigenvalue weighted by molar-refractivity contribution is 5.65. The average molecular weight is 198 g/mol. The van der Waals surface area contributed by atoms with Crippen molar-refractivity contribution in [3.05, 3.63) is 0 Å². The highest BCUT2D eigenvalue weighted by Crippen LogP contribution is 1.88. The molecule has 0 rings (SSSR count). The molecular formula is C8H20ClNO2. The summed E-state index contributed by atoms with van der Waals surface area (Å²) in [5.74, 6) is -0.201. The molecule has 12 heavy (non-hydrogen) atoms. The smallest absolute Gasteiger partial charge is 0.302 e. The number of carbonyl (C=O) groups is 1. The highest BCUT2D eigenvalue weighted by Gasteiger charge is 2.06. The van der Waals surface area contributed by atoms with E-state index in [0.29, 0.717) is 6.61 Å². The van der Waals surface area contributed by atoms with E-state index in [0.717, 1.165) is 11.0 Å². The first-order chi connectivity index (χ1) is 4.42. The zero-order chi connectivity index (χ0) is 8.20. The van der Waals surface area contributed by atoms with Crippen LogP contribution in [0.5, 0.6) is 0 Å².